The highest BCUT2D eigenvalue weighted by atomic mass is 19.1. The third-order valence-electron chi connectivity index (χ3n) is 4.18. The van der Waals surface area contributed by atoms with Crippen molar-refractivity contribution in [3.05, 3.63) is 96.5 Å². The van der Waals surface area contributed by atoms with Crippen LogP contribution in [0.1, 0.15) is 10.4 Å². The van der Waals surface area contributed by atoms with Crippen molar-refractivity contribution in [3.8, 4) is 0 Å². The fourth-order valence-corrected chi connectivity index (χ4v) is 2.72. The number of hydrogen-bond acceptors (Lipinski definition) is 6. The number of amides is 1. The number of rotatable bonds is 6. The highest BCUT2D eigenvalue weighted by Gasteiger charge is 2.12. The highest BCUT2D eigenvalue weighted by molar-refractivity contribution is 6.04. The van der Waals surface area contributed by atoms with Gasteiger partial charge in [-0.2, -0.15) is 0 Å². The second-order valence-electron chi connectivity index (χ2n) is 6.41. The first-order valence-electron chi connectivity index (χ1n) is 9.20. The summed E-state index contributed by atoms with van der Waals surface area (Å²) in [7, 11) is 0. The summed E-state index contributed by atoms with van der Waals surface area (Å²) in [5.74, 6) is -0.550. The van der Waals surface area contributed by atoms with Gasteiger partial charge in [-0.05, 0) is 48.5 Å². The molecule has 4 aromatic rings. The molecule has 2 aromatic heterocycles. The molecule has 1 amide bonds. The zero-order valence-electron chi connectivity index (χ0n) is 16.0. The Morgan fingerprint density at radius 2 is 1.48 bits per heavy atom. The van der Waals surface area contributed by atoms with Crippen molar-refractivity contribution in [2.75, 3.05) is 16.0 Å². The summed E-state index contributed by atoms with van der Waals surface area (Å²) in [6.45, 7) is 0. The van der Waals surface area contributed by atoms with Gasteiger partial charge >= 0.3 is 0 Å². The predicted molar refractivity (Wildman–Crippen MR) is 114 cm³/mol. The SMILES string of the molecule is O=C(Nc1ccc(Nc2cc(Nc3ccccn3)ncn2)cc1)c1ccc(F)cc1F. The van der Waals surface area contributed by atoms with Crippen LogP contribution < -0.4 is 16.0 Å². The number of benzene rings is 2. The maximum Gasteiger partial charge on any atom is 0.258 e. The second kappa shape index (κ2) is 8.95. The first kappa shape index (κ1) is 19.9. The Morgan fingerprint density at radius 1 is 0.742 bits per heavy atom. The van der Waals surface area contributed by atoms with Gasteiger partial charge in [0.25, 0.3) is 5.91 Å². The molecule has 2 aromatic carbocycles. The first-order chi connectivity index (χ1) is 15.1. The molecule has 3 N–H and O–H groups in total. The lowest BCUT2D eigenvalue weighted by atomic mass is 10.2. The van der Waals surface area contributed by atoms with E-state index in [9.17, 15) is 13.6 Å². The van der Waals surface area contributed by atoms with Gasteiger partial charge < -0.3 is 16.0 Å². The largest absolute Gasteiger partial charge is 0.340 e. The summed E-state index contributed by atoms with van der Waals surface area (Å²) < 4.78 is 26.7. The van der Waals surface area contributed by atoms with Crippen LogP contribution in [0.4, 0.5) is 37.6 Å². The lowest BCUT2D eigenvalue weighted by molar-refractivity contribution is 0.102. The highest BCUT2D eigenvalue weighted by Crippen LogP contribution is 2.21. The molecule has 0 saturated heterocycles. The van der Waals surface area contributed by atoms with E-state index in [4.69, 9.17) is 0 Å². The van der Waals surface area contributed by atoms with E-state index < -0.39 is 17.5 Å². The van der Waals surface area contributed by atoms with Gasteiger partial charge in [0.2, 0.25) is 0 Å². The quantitative estimate of drug-likeness (QED) is 0.413. The van der Waals surface area contributed by atoms with Crippen molar-refractivity contribution in [1.82, 2.24) is 15.0 Å². The lowest BCUT2D eigenvalue weighted by Crippen LogP contribution is -2.13. The summed E-state index contributed by atoms with van der Waals surface area (Å²) in [4.78, 5) is 24.7. The molecule has 154 valence electrons. The molecule has 0 spiro atoms. The number of carbonyl (C=O) groups excluding carboxylic acids is 1. The second-order valence-corrected chi connectivity index (χ2v) is 6.41. The van der Waals surface area contributed by atoms with E-state index in [1.165, 1.54) is 6.33 Å². The molecule has 0 radical (unpaired) electrons. The van der Waals surface area contributed by atoms with Crippen LogP contribution in [0, 0.1) is 11.6 Å². The van der Waals surface area contributed by atoms with Gasteiger partial charge in [-0.15, -0.1) is 0 Å². The third kappa shape index (κ3) is 5.15. The van der Waals surface area contributed by atoms with Gasteiger partial charge in [0.15, 0.2) is 0 Å². The number of halogens is 2. The molecular formula is C22H16F2N6O. The number of hydrogen-bond donors (Lipinski definition) is 3. The molecule has 0 fully saturated rings. The van der Waals surface area contributed by atoms with E-state index in [2.05, 4.69) is 30.9 Å². The summed E-state index contributed by atoms with van der Waals surface area (Å²) in [6, 6.07) is 16.8. The zero-order chi connectivity index (χ0) is 21.6. The predicted octanol–water partition coefficient (Wildman–Crippen LogP) is 4.89. The van der Waals surface area contributed by atoms with E-state index in [0.29, 0.717) is 34.9 Å². The molecule has 0 bridgehead atoms. The third-order valence-corrected chi connectivity index (χ3v) is 4.18. The van der Waals surface area contributed by atoms with Crippen LogP contribution in [-0.4, -0.2) is 20.9 Å². The molecule has 0 aliphatic rings. The average Bonchev–Trinajstić information content (AvgIpc) is 2.76. The van der Waals surface area contributed by atoms with Crippen LogP contribution in [0.2, 0.25) is 0 Å². The van der Waals surface area contributed by atoms with Crippen LogP contribution in [-0.2, 0) is 0 Å². The fraction of sp³-hybridized carbons (Fsp3) is 0. The molecule has 0 saturated carbocycles. The molecule has 0 atom stereocenters. The first-order valence-corrected chi connectivity index (χ1v) is 9.20. The summed E-state index contributed by atoms with van der Waals surface area (Å²) in [6.07, 6.45) is 3.09. The number of aromatic nitrogens is 3. The smallest absolute Gasteiger partial charge is 0.258 e. The fourth-order valence-electron chi connectivity index (χ4n) is 2.72. The van der Waals surface area contributed by atoms with Crippen LogP contribution in [0.3, 0.4) is 0 Å². The van der Waals surface area contributed by atoms with Crippen LogP contribution in [0.5, 0.6) is 0 Å². The number of nitrogens with one attached hydrogen (secondary N) is 3. The van der Waals surface area contributed by atoms with Crippen molar-refractivity contribution in [1.29, 1.82) is 0 Å². The molecule has 9 heteroatoms. The Kier molecular flexibility index (Phi) is 5.75. The van der Waals surface area contributed by atoms with Crippen molar-refractivity contribution >= 4 is 34.7 Å². The Bertz CT molecular complexity index is 1200. The van der Waals surface area contributed by atoms with E-state index in [0.717, 1.165) is 12.1 Å². The monoisotopic (exact) mass is 418 g/mol. The van der Waals surface area contributed by atoms with Crippen molar-refractivity contribution in [2.24, 2.45) is 0 Å². The minimum Gasteiger partial charge on any atom is -0.340 e. The van der Waals surface area contributed by atoms with E-state index in [1.54, 1.807) is 36.5 Å². The summed E-state index contributed by atoms with van der Waals surface area (Å²) in [5.41, 5.74) is 0.936. The van der Waals surface area contributed by atoms with Gasteiger partial charge in [-0.1, -0.05) is 6.07 Å². The lowest BCUT2D eigenvalue weighted by Gasteiger charge is -2.10. The maximum absolute atomic E-state index is 13.7. The number of carbonyl (C=O) groups is 1. The normalized spacial score (nSPS) is 10.4. The molecule has 2 heterocycles. The Labute approximate surface area is 176 Å². The minimum absolute atomic E-state index is 0.238. The molecule has 7 nitrogen and oxygen atoms in total. The maximum atomic E-state index is 13.7. The average molecular weight is 418 g/mol. The molecule has 0 unspecified atom stereocenters. The number of pyridine rings is 1. The van der Waals surface area contributed by atoms with E-state index >= 15 is 0 Å². The molecular weight excluding hydrogens is 402 g/mol. The van der Waals surface area contributed by atoms with Gasteiger partial charge in [0, 0.05) is 29.7 Å². The van der Waals surface area contributed by atoms with E-state index in [-0.39, 0.29) is 5.56 Å². The minimum atomic E-state index is -0.922. The Balaban J connectivity index is 1.40. The zero-order valence-corrected chi connectivity index (χ0v) is 16.0. The Morgan fingerprint density at radius 3 is 2.19 bits per heavy atom. The summed E-state index contributed by atoms with van der Waals surface area (Å²) >= 11 is 0. The topological polar surface area (TPSA) is 91.8 Å². The molecule has 31 heavy (non-hydrogen) atoms. The van der Waals surface area contributed by atoms with E-state index in [1.807, 2.05) is 18.2 Å². The van der Waals surface area contributed by atoms with Gasteiger partial charge in [-0.25, -0.2) is 23.7 Å². The van der Waals surface area contributed by atoms with Gasteiger partial charge in [0.1, 0.15) is 35.4 Å². The molecule has 0 aliphatic heterocycles. The molecule has 0 aliphatic carbocycles. The standard InChI is InChI=1S/C22H16F2N6O/c23-14-4-9-17(18(24)11-14)22(31)29-16-7-5-15(6-8-16)28-20-12-21(27-13-26-20)30-19-3-1-2-10-25-19/h1-13H,(H,29,31)(H2,25,26,27,28,30). The van der Waals surface area contributed by atoms with Gasteiger partial charge in [-0.3, -0.25) is 4.79 Å². The Hall–Kier alpha value is -4.40. The number of nitrogens with zero attached hydrogens (tertiary/aromatic N) is 3. The van der Waals surface area contributed by atoms with Crippen molar-refractivity contribution in [2.45, 2.75) is 0 Å². The van der Waals surface area contributed by atoms with Crippen LogP contribution in [0.25, 0.3) is 0 Å². The van der Waals surface area contributed by atoms with Crippen LogP contribution >= 0.6 is 0 Å². The van der Waals surface area contributed by atoms with Crippen molar-refractivity contribution < 1.29 is 13.6 Å². The molecule has 4 rings (SSSR count). The van der Waals surface area contributed by atoms with Crippen molar-refractivity contribution in [3.63, 3.8) is 0 Å². The van der Waals surface area contributed by atoms with Gasteiger partial charge in [0.05, 0.1) is 5.56 Å². The van der Waals surface area contributed by atoms with Crippen LogP contribution in [0.15, 0.2) is 79.3 Å². The number of anilines is 5. The summed E-state index contributed by atoms with van der Waals surface area (Å²) in [5, 5.41) is 8.79.